The van der Waals surface area contributed by atoms with Gasteiger partial charge in [-0.1, -0.05) is 25.6 Å². The second-order valence-electron chi connectivity index (χ2n) is 2.48. The Balaban J connectivity index is 3.02. The van der Waals surface area contributed by atoms with Crippen LogP contribution in [0, 0.1) is 0 Å². The van der Waals surface area contributed by atoms with E-state index < -0.39 is 11.2 Å². The zero-order valence-corrected chi connectivity index (χ0v) is 7.57. The predicted molar refractivity (Wildman–Crippen MR) is 46.5 cm³/mol. The van der Waals surface area contributed by atoms with Crippen LogP contribution in [0.15, 0.2) is 14.6 Å². The highest BCUT2D eigenvalue weighted by molar-refractivity contribution is 7.99. The van der Waals surface area contributed by atoms with Crippen molar-refractivity contribution in [3.8, 4) is 0 Å². The third-order valence-corrected chi connectivity index (χ3v) is 2.00. The Labute approximate surface area is 72.6 Å². The van der Waals surface area contributed by atoms with Crippen molar-refractivity contribution >= 4 is 11.8 Å². The third-order valence-electron chi connectivity index (χ3n) is 1.03. The predicted octanol–water partition coefficient (Wildman–Crippen LogP) is -0.0413. The van der Waals surface area contributed by atoms with Crippen LogP contribution in [0.2, 0.25) is 0 Å². The average Bonchev–Trinajstić information content (AvgIpc) is 1.94. The molecule has 0 radical (unpaired) electrons. The number of nitrogens with zero attached hydrogens (tertiary/aromatic N) is 1. The number of aromatic amines is 2. The van der Waals surface area contributed by atoms with Gasteiger partial charge in [0.2, 0.25) is 0 Å². The lowest BCUT2D eigenvalue weighted by molar-refractivity contribution is 0.804. The van der Waals surface area contributed by atoms with Crippen molar-refractivity contribution in [3.05, 3.63) is 20.8 Å². The molecule has 0 amide bonds. The molecule has 1 rings (SSSR count). The SMILES string of the molecule is CC(C)Sc1n[nH]c(=O)[nH]c1=O. The number of nitrogens with one attached hydrogen (secondary N) is 2. The monoisotopic (exact) mass is 187 g/mol. The van der Waals surface area contributed by atoms with Crippen LogP contribution in [-0.2, 0) is 0 Å². The van der Waals surface area contributed by atoms with Crippen molar-refractivity contribution in [1.82, 2.24) is 15.2 Å². The van der Waals surface area contributed by atoms with Crippen LogP contribution in [0.1, 0.15) is 13.8 Å². The molecule has 12 heavy (non-hydrogen) atoms. The molecule has 0 bridgehead atoms. The molecule has 66 valence electrons. The molecular weight excluding hydrogens is 178 g/mol. The van der Waals surface area contributed by atoms with Crippen molar-refractivity contribution in [2.45, 2.75) is 24.1 Å². The minimum Gasteiger partial charge on any atom is -0.271 e. The summed E-state index contributed by atoms with van der Waals surface area (Å²) in [5.74, 6) is 0. The molecule has 1 aromatic rings. The molecule has 5 nitrogen and oxygen atoms in total. The maximum absolute atomic E-state index is 11.0. The molecule has 0 unspecified atom stereocenters. The van der Waals surface area contributed by atoms with Crippen molar-refractivity contribution in [2.24, 2.45) is 0 Å². The molecular formula is C6H9N3O2S. The highest BCUT2D eigenvalue weighted by Crippen LogP contribution is 2.14. The van der Waals surface area contributed by atoms with Gasteiger partial charge in [-0.05, 0) is 0 Å². The van der Waals surface area contributed by atoms with E-state index >= 15 is 0 Å². The fourth-order valence-electron chi connectivity index (χ4n) is 0.640. The van der Waals surface area contributed by atoms with Gasteiger partial charge in [-0.2, -0.15) is 5.10 Å². The van der Waals surface area contributed by atoms with Gasteiger partial charge in [0.25, 0.3) is 5.56 Å². The summed E-state index contributed by atoms with van der Waals surface area (Å²) in [6, 6.07) is 0. The first kappa shape index (κ1) is 9.05. The smallest absolute Gasteiger partial charge is 0.271 e. The first-order chi connectivity index (χ1) is 5.59. The zero-order chi connectivity index (χ0) is 9.14. The van der Waals surface area contributed by atoms with Crippen LogP contribution in [-0.4, -0.2) is 20.4 Å². The molecule has 0 fully saturated rings. The number of hydrogen-bond acceptors (Lipinski definition) is 4. The molecule has 0 atom stereocenters. The molecule has 6 heteroatoms. The molecule has 0 aliphatic rings. The van der Waals surface area contributed by atoms with E-state index in [4.69, 9.17) is 0 Å². The van der Waals surface area contributed by atoms with E-state index in [1.807, 2.05) is 13.8 Å². The standard InChI is InChI=1S/C6H9N3O2S/c1-3(2)12-5-4(10)7-6(11)9-8-5/h3H,1-2H3,(H2,7,9,10,11). The molecule has 0 aliphatic carbocycles. The van der Waals surface area contributed by atoms with Gasteiger partial charge in [0.15, 0.2) is 5.03 Å². The molecule has 0 aromatic carbocycles. The fraction of sp³-hybridized carbons (Fsp3) is 0.500. The van der Waals surface area contributed by atoms with Gasteiger partial charge in [-0.3, -0.25) is 9.78 Å². The Bertz CT molecular complexity index is 368. The third kappa shape index (κ3) is 2.23. The van der Waals surface area contributed by atoms with Crippen LogP contribution < -0.4 is 11.2 Å². The molecule has 2 N–H and O–H groups in total. The Hall–Kier alpha value is -1.04. The van der Waals surface area contributed by atoms with Gasteiger partial charge in [-0.25, -0.2) is 9.89 Å². The van der Waals surface area contributed by atoms with Crippen molar-refractivity contribution < 1.29 is 0 Å². The average molecular weight is 187 g/mol. The number of thioether (sulfide) groups is 1. The number of H-pyrrole nitrogens is 2. The summed E-state index contributed by atoms with van der Waals surface area (Å²) < 4.78 is 0. The molecule has 0 aliphatic heterocycles. The molecule has 1 aromatic heterocycles. The molecule has 1 heterocycles. The minimum atomic E-state index is -0.576. The molecule has 0 spiro atoms. The lowest BCUT2D eigenvalue weighted by Crippen LogP contribution is -2.25. The van der Waals surface area contributed by atoms with Crippen molar-refractivity contribution in [3.63, 3.8) is 0 Å². The first-order valence-corrected chi connectivity index (χ1v) is 4.33. The number of aromatic nitrogens is 3. The van der Waals surface area contributed by atoms with Crippen molar-refractivity contribution in [1.29, 1.82) is 0 Å². The second kappa shape index (κ2) is 3.57. The zero-order valence-electron chi connectivity index (χ0n) is 6.75. The van der Waals surface area contributed by atoms with E-state index in [0.29, 0.717) is 5.03 Å². The fourth-order valence-corrected chi connectivity index (χ4v) is 1.34. The van der Waals surface area contributed by atoms with Crippen LogP contribution >= 0.6 is 11.8 Å². The quantitative estimate of drug-likeness (QED) is 0.637. The highest BCUT2D eigenvalue weighted by Gasteiger charge is 2.04. The van der Waals surface area contributed by atoms with E-state index in [0.717, 1.165) is 0 Å². The Kier molecular flexibility index (Phi) is 2.69. The van der Waals surface area contributed by atoms with Crippen LogP contribution in [0.3, 0.4) is 0 Å². The van der Waals surface area contributed by atoms with Gasteiger partial charge < -0.3 is 0 Å². The van der Waals surface area contributed by atoms with Crippen molar-refractivity contribution in [2.75, 3.05) is 0 Å². The Morgan fingerprint density at radius 2 is 2.08 bits per heavy atom. The number of hydrogen-bond donors (Lipinski definition) is 2. The van der Waals surface area contributed by atoms with E-state index in [2.05, 4.69) is 15.2 Å². The van der Waals surface area contributed by atoms with Gasteiger partial charge in [0, 0.05) is 5.25 Å². The van der Waals surface area contributed by atoms with Gasteiger partial charge >= 0.3 is 5.69 Å². The maximum Gasteiger partial charge on any atom is 0.342 e. The lowest BCUT2D eigenvalue weighted by Gasteiger charge is -1.99. The minimum absolute atomic E-state index is 0.268. The van der Waals surface area contributed by atoms with E-state index in [1.165, 1.54) is 11.8 Å². The number of rotatable bonds is 2. The van der Waals surface area contributed by atoms with Crippen LogP contribution in [0.4, 0.5) is 0 Å². The molecule has 0 saturated heterocycles. The summed E-state index contributed by atoms with van der Waals surface area (Å²) in [5.41, 5.74) is -1.01. The Morgan fingerprint density at radius 3 is 2.58 bits per heavy atom. The lowest BCUT2D eigenvalue weighted by atomic mass is 10.6. The largest absolute Gasteiger partial charge is 0.342 e. The summed E-state index contributed by atoms with van der Waals surface area (Å²) in [6.07, 6.45) is 0. The Morgan fingerprint density at radius 1 is 1.42 bits per heavy atom. The van der Waals surface area contributed by atoms with Crippen LogP contribution in [0.25, 0.3) is 0 Å². The summed E-state index contributed by atoms with van der Waals surface area (Å²) in [5, 5.41) is 6.33. The van der Waals surface area contributed by atoms with Gasteiger partial charge in [-0.15, -0.1) is 0 Å². The van der Waals surface area contributed by atoms with E-state index in [9.17, 15) is 9.59 Å². The van der Waals surface area contributed by atoms with Gasteiger partial charge in [0.05, 0.1) is 0 Å². The van der Waals surface area contributed by atoms with Gasteiger partial charge in [0.1, 0.15) is 0 Å². The summed E-state index contributed by atoms with van der Waals surface area (Å²) >= 11 is 1.31. The van der Waals surface area contributed by atoms with E-state index in [1.54, 1.807) is 0 Å². The highest BCUT2D eigenvalue weighted by atomic mass is 32.2. The van der Waals surface area contributed by atoms with Crippen LogP contribution in [0.5, 0.6) is 0 Å². The second-order valence-corrected chi connectivity index (χ2v) is 4.04. The summed E-state index contributed by atoms with van der Waals surface area (Å²) in [6.45, 7) is 3.88. The molecule has 0 saturated carbocycles. The van der Waals surface area contributed by atoms with E-state index in [-0.39, 0.29) is 5.25 Å². The summed E-state index contributed by atoms with van der Waals surface area (Å²) in [7, 11) is 0. The normalized spacial score (nSPS) is 10.6. The maximum atomic E-state index is 11.0. The topological polar surface area (TPSA) is 78.6 Å². The summed E-state index contributed by atoms with van der Waals surface area (Å²) in [4.78, 5) is 23.7. The first-order valence-electron chi connectivity index (χ1n) is 3.45.